The van der Waals surface area contributed by atoms with Crippen LogP contribution in [0.1, 0.15) is 65.7 Å². The fourth-order valence-corrected chi connectivity index (χ4v) is 2.38. The molecule has 0 aliphatic carbocycles. The first-order valence-electron chi connectivity index (χ1n) is 15.1. The molecule has 0 spiro atoms. The summed E-state index contributed by atoms with van der Waals surface area (Å²) in [7, 11) is 1.66. The Morgan fingerprint density at radius 3 is 0.909 bits per heavy atom. The number of methoxy groups -OCH3 is 1. The van der Waals surface area contributed by atoms with Crippen LogP contribution < -0.4 is 14.2 Å². The van der Waals surface area contributed by atoms with E-state index in [-0.39, 0.29) is 13.2 Å². The fourth-order valence-electron chi connectivity index (χ4n) is 2.38. The average molecular weight is 607 g/mol. The van der Waals surface area contributed by atoms with Crippen molar-refractivity contribution in [2.24, 2.45) is 0 Å². The highest BCUT2D eigenvalue weighted by molar-refractivity contribution is 5.74. The van der Waals surface area contributed by atoms with Crippen molar-refractivity contribution < 1.29 is 28.6 Å². The van der Waals surface area contributed by atoms with Gasteiger partial charge in [0.1, 0.15) is 36.7 Å². The van der Waals surface area contributed by atoms with E-state index in [2.05, 4.69) is 0 Å². The predicted octanol–water partition coefficient (Wildman–Crippen LogP) is 9.83. The maximum absolute atomic E-state index is 10.0. The molecule has 0 aliphatic rings. The van der Waals surface area contributed by atoms with Gasteiger partial charge in [-0.3, -0.25) is 14.4 Å². The van der Waals surface area contributed by atoms with Crippen molar-refractivity contribution in [2.75, 3.05) is 20.3 Å². The van der Waals surface area contributed by atoms with Crippen molar-refractivity contribution >= 4 is 18.9 Å². The van der Waals surface area contributed by atoms with Crippen LogP contribution in [0, 0.1) is 0 Å². The summed E-state index contributed by atoms with van der Waals surface area (Å²) in [6.45, 7) is 16.3. The number of hydrogen-bond acceptors (Lipinski definition) is 6. The summed E-state index contributed by atoms with van der Waals surface area (Å²) in [5.41, 5.74) is 0.729. The lowest BCUT2D eigenvalue weighted by Gasteiger charge is -1.98. The Hall–Kier alpha value is -4.71. The van der Waals surface area contributed by atoms with Crippen LogP contribution in [-0.4, -0.2) is 39.2 Å². The fraction of sp³-hybridized carbons (Fsp3) is 0.289. The van der Waals surface area contributed by atoms with E-state index >= 15 is 0 Å². The molecule has 0 saturated heterocycles. The number of benzene rings is 4. The van der Waals surface area contributed by atoms with Crippen LogP contribution in [0.25, 0.3) is 0 Å². The molecule has 6 heteroatoms. The van der Waals surface area contributed by atoms with E-state index in [0.717, 1.165) is 41.7 Å². The molecule has 0 radical (unpaired) electrons. The van der Waals surface area contributed by atoms with E-state index in [4.69, 9.17) is 14.2 Å². The van der Waals surface area contributed by atoms with Crippen molar-refractivity contribution in [2.45, 2.75) is 55.4 Å². The number of carbonyl (C=O) groups excluding carboxylic acids is 3. The molecule has 0 aromatic heterocycles. The highest BCUT2D eigenvalue weighted by Crippen LogP contribution is 2.08. The largest absolute Gasteiger partial charge is 0.497 e. The van der Waals surface area contributed by atoms with E-state index in [9.17, 15) is 14.4 Å². The van der Waals surface area contributed by atoms with Crippen LogP contribution in [0.5, 0.6) is 17.2 Å². The molecule has 0 bridgehead atoms. The lowest BCUT2D eigenvalue weighted by atomic mass is 10.2. The summed E-state index contributed by atoms with van der Waals surface area (Å²) in [6, 6.07) is 37.3. The first-order valence-corrected chi connectivity index (χ1v) is 15.1. The smallest absolute Gasteiger partial charge is 0.157 e. The second-order valence-corrected chi connectivity index (χ2v) is 6.63. The Morgan fingerprint density at radius 1 is 0.432 bits per heavy atom. The molecule has 4 aromatic carbocycles. The van der Waals surface area contributed by atoms with Crippen molar-refractivity contribution in [3.8, 4) is 17.2 Å². The molecule has 4 rings (SSSR count). The molecule has 0 saturated carbocycles. The number of hydrogen-bond donors (Lipinski definition) is 0. The molecule has 0 heterocycles. The molecule has 0 unspecified atom stereocenters. The third kappa shape index (κ3) is 31.8. The Bertz CT molecular complexity index is 1010. The molecule has 242 valence electrons. The molecular weight excluding hydrogens is 552 g/mol. The van der Waals surface area contributed by atoms with Gasteiger partial charge in [0.25, 0.3) is 0 Å². The summed E-state index contributed by atoms with van der Waals surface area (Å²) in [6.07, 6.45) is 2.29. The zero-order valence-electron chi connectivity index (χ0n) is 28.1. The van der Waals surface area contributed by atoms with E-state index in [0.29, 0.717) is 0 Å². The van der Waals surface area contributed by atoms with E-state index < -0.39 is 0 Å². The van der Waals surface area contributed by atoms with Crippen LogP contribution in [0.3, 0.4) is 0 Å². The lowest BCUT2D eigenvalue weighted by Crippen LogP contribution is -1.96. The quantitative estimate of drug-likeness (QED) is 0.186. The highest BCUT2D eigenvalue weighted by Gasteiger charge is 1.87. The van der Waals surface area contributed by atoms with Crippen LogP contribution in [0.2, 0.25) is 0 Å². The van der Waals surface area contributed by atoms with Gasteiger partial charge >= 0.3 is 0 Å². The third-order valence-corrected chi connectivity index (χ3v) is 4.04. The van der Waals surface area contributed by atoms with Crippen molar-refractivity contribution in [3.63, 3.8) is 0 Å². The molecule has 4 aromatic rings. The van der Waals surface area contributed by atoms with Gasteiger partial charge in [-0.15, -0.1) is 0 Å². The van der Waals surface area contributed by atoms with E-state index in [1.165, 1.54) is 0 Å². The number of carbonyl (C=O) groups is 3. The van der Waals surface area contributed by atoms with Crippen LogP contribution >= 0.6 is 0 Å². The monoisotopic (exact) mass is 606 g/mol. The number of rotatable bonds is 8. The molecule has 0 aliphatic heterocycles. The van der Waals surface area contributed by atoms with Gasteiger partial charge in [-0.1, -0.05) is 140 Å². The topological polar surface area (TPSA) is 78.9 Å². The third-order valence-electron chi connectivity index (χ3n) is 4.04. The molecule has 0 N–H and O–H groups in total. The number of aldehydes is 3. The molecule has 0 atom stereocenters. The average Bonchev–Trinajstić information content (AvgIpc) is 3.15. The Balaban J connectivity index is -0.000000226. The van der Waals surface area contributed by atoms with Crippen molar-refractivity contribution in [1.82, 2.24) is 0 Å². The Kier molecular flexibility index (Phi) is 44.9. The second-order valence-electron chi connectivity index (χ2n) is 6.63. The van der Waals surface area contributed by atoms with Gasteiger partial charge in [0.15, 0.2) is 12.6 Å². The van der Waals surface area contributed by atoms with Crippen LogP contribution in [0.4, 0.5) is 0 Å². The molecular formula is C38H54O6. The zero-order chi connectivity index (χ0) is 34.1. The van der Waals surface area contributed by atoms with E-state index in [1.54, 1.807) is 19.2 Å². The normalized spacial score (nSPS) is 7.66. The van der Waals surface area contributed by atoms with Gasteiger partial charge in [0.2, 0.25) is 0 Å². The van der Waals surface area contributed by atoms with Crippen molar-refractivity contribution in [3.05, 3.63) is 127 Å². The molecule has 0 fully saturated rings. The predicted molar refractivity (Wildman–Crippen MR) is 186 cm³/mol. The summed E-state index contributed by atoms with van der Waals surface area (Å²) in [5, 5.41) is 0. The molecule has 6 nitrogen and oxygen atoms in total. The first-order chi connectivity index (χ1) is 21.7. The van der Waals surface area contributed by atoms with Gasteiger partial charge < -0.3 is 14.2 Å². The Morgan fingerprint density at radius 2 is 0.705 bits per heavy atom. The SMILES string of the molecule is CC.CC.CC.CC.COc1ccccc1.O=CCOc1ccccc1.O=CCOc1ccccc1.O=Cc1ccccc1. The van der Waals surface area contributed by atoms with Crippen LogP contribution in [-0.2, 0) is 9.59 Å². The van der Waals surface area contributed by atoms with Gasteiger partial charge in [0, 0.05) is 5.56 Å². The maximum atomic E-state index is 10.0. The standard InChI is InChI=1S/2C8H8O2.C7H8O.C7H6O.4C2H6/c2*9-6-7-10-8-4-2-1-3-5-8;1-8-7-5-3-2-4-6-7;8-6-7-4-2-1-3-5-7;4*1-2/h2*1-6H,7H2;2-6H,1H3;1-6H;4*1-2H3. The first kappa shape index (κ1) is 46.3. The van der Waals surface area contributed by atoms with Crippen molar-refractivity contribution in [1.29, 1.82) is 0 Å². The van der Waals surface area contributed by atoms with Gasteiger partial charge in [-0.25, -0.2) is 0 Å². The minimum Gasteiger partial charge on any atom is -0.497 e. The highest BCUT2D eigenvalue weighted by atomic mass is 16.5. The second kappa shape index (κ2) is 42.8. The molecule has 0 amide bonds. The summed E-state index contributed by atoms with van der Waals surface area (Å²) >= 11 is 0. The van der Waals surface area contributed by atoms with Gasteiger partial charge in [-0.05, 0) is 36.4 Å². The summed E-state index contributed by atoms with van der Waals surface area (Å²) < 4.78 is 14.9. The number of para-hydroxylation sites is 3. The zero-order valence-corrected chi connectivity index (χ0v) is 28.1. The summed E-state index contributed by atoms with van der Waals surface area (Å²) in [5.74, 6) is 2.37. The Labute approximate surface area is 267 Å². The van der Waals surface area contributed by atoms with Gasteiger partial charge in [-0.2, -0.15) is 0 Å². The summed E-state index contributed by atoms with van der Waals surface area (Å²) in [4.78, 5) is 29.7. The number of ether oxygens (including phenoxy) is 3. The van der Waals surface area contributed by atoms with E-state index in [1.807, 2.05) is 165 Å². The minimum absolute atomic E-state index is 0.129. The maximum Gasteiger partial charge on any atom is 0.157 e. The molecule has 44 heavy (non-hydrogen) atoms. The lowest BCUT2D eigenvalue weighted by molar-refractivity contribution is -0.110. The van der Waals surface area contributed by atoms with Crippen LogP contribution in [0.15, 0.2) is 121 Å². The minimum atomic E-state index is 0.129. The van der Waals surface area contributed by atoms with Gasteiger partial charge in [0.05, 0.1) is 7.11 Å².